The zero-order valence-electron chi connectivity index (χ0n) is 13.8. The quantitative estimate of drug-likeness (QED) is 0.701. The molecule has 3 rings (SSSR count). The summed E-state index contributed by atoms with van der Waals surface area (Å²) in [5.41, 5.74) is 2.08. The van der Waals surface area contributed by atoms with Gasteiger partial charge in [0.1, 0.15) is 9.86 Å². The molecule has 0 aromatic carbocycles. The van der Waals surface area contributed by atoms with Gasteiger partial charge in [0.05, 0.1) is 0 Å². The van der Waals surface area contributed by atoms with Gasteiger partial charge in [-0.05, 0) is 41.5 Å². The Labute approximate surface area is 146 Å². The summed E-state index contributed by atoms with van der Waals surface area (Å²) in [7, 11) is -3.41. The third kappa shape index (κ3) is 3.68. The summed E-state index contributed by atoms with van der Waals surface area (Å²) < 4.78 is 29.5. The second-order valence-corrected chi connectivity index (χ2v) is 9.10. The molecular formula is C17H21N3O2S2. The molecule has 0 saturated heterocycles. The molecule has 0 amide bonds. The minimum absolute atomic E-state index is 0.353. The molecule has 5 nitrogen and oxygen atoms in total. The van der Waals surface area contributed by atoms with Gasteiger partial charge in [0.25, 0.3) is 0 Å². The van der Waals surface area contributed by atoms with E-state index < -0.39 is 10.0 Å². The van der Waals surface area contributed by atoms with E-state index in [0.717, 1.165) is 23.1 Å². The maximum Gasteiger partial charge on any atom is 0.250 e. The first-order chi connectivity index (χ1) is 11.5. The fourth-order valence-electron chi connectivity index (χ4n) is 2.73. The van der Waals surface area contributed by atoms with Crippen LogP contribution in [0.4, 0.5) is 0 Å². The molecule has 0 aliphatic carbocycles. The lowest BCUT2D eigenvalue weighted by Crippen LogP contribution is -2.25. The topological polar surface area (TPSA) is 64.0 Å². The van der Waals surface area contributed by atoms with Crippen LogP contribution < -0.4 is 4.72 Å². The van der Waals surface area contributed by atoms with E-state index >= 15 is 0 Å². The Kier molecular flexibility index (Phi) is 5.03. The van der Waals surface area contributed by atoms with E-state index in [1.807, 2.05) is 12.1 Å². The van der Waals surface area contributed by atoms with Crippen LogP contribution in [0.3, 0.4) is 0 Å². The summed E-state index contributed by atoms with van der Waals surface area (Å²) in [4.78, 5) is 4.48. The zero-order valence-corrected chi connectivity index (χ0v) is 15.4. The van der Waals surface area contributed by atoms with E-state index in [1.54, 1.807) is 23.7 Å². The molecule has 24 heavy (non-hydrogen) atoms. The van der Waals surface area contributed by atoms with Crippen molar-refractivity contribution in [2.45, 2.75) is 31.0 Å². The summed E-state index contributed by atoms with van der Waals surface area (Å²) in [5.74, 6) is 0.521. The van der Waals surface area contributed by atoms with Gasteiger partial charge in [-0.25, -0.2) is 18.1 Å². The number of sulfonamides is 1. The van der Waals surface area contributed by atoms with Crippen LogP contribution in [0.5, 0.6) is 0 Å². The van der Waals surface area contributed by atoms with Crippen molar-refractivity contribution in [3.63, 3.8) is 0 Å². The first-order valence-corrected chi connectivity index (χ1v) is 10.3. The van der Waals surface area contributed by atoms with Crippen LogP contribution in [0.15, 0.2) is 46.2 Å². The van der Waals surface area contributed by atoms with Crippen molar-refractivity contribution in [3.05, 3.63) is 47.6 Å². The van der Waals surface area contributed by atoms with Gasteiger partial charge in [0, 0.05) is 30.9 Å². The normalized spacial score (nSPS) is 12.3. The van der Waals surface area contributed by atoms with Crippen LogP contribution in [-0.2, 0) is 23.0 Å². The van der Waals surface area contributed by atoms with Crippen LogP contribution in [0.25, 0.3) is 11.0 Å². The van der Waals surface area contributed by atoms with Crippen molar-refractivity contribution in [1.29, 1.82) is 0 Å². The number of thiophene rings is 1. The van der Waals surface area contributed by atoms with Gasteiger partial charge in [-0.3, -0.25) is 0 Å². The van der Waals surface area contributed by atoms with Gasteiger partial charge in [0.15, 0.2) is 0 Å². The Morgan fingerprint density at radius 3 is 2.83 bits per heavy atom. The predicted octanol–water partition coefficient (Wildman–Crippen LogP) is 3.27. The van der Waals surface area contributed by atoms with E-state index in [2.05, 4.69) is 34.3 Å². The molecule has 0 radical (unpaired) electrons. The highest BCUT2D eigenvalue weighted by molar-refractivity contribution is 7.91. The Morgan fingerprint density at radius 1 is 1.29 bits per heavy atom. The van der Waals surface area contributed by atoms with E-state index in [0.29, 0.717) is 23.1 Å². The summed E-state index contributed by atoms with van der Waals surface area (Å²) in [6.45, 7) is 5.61. The molecule has 3 heterocycles. The van der Waals surface area contributed by atoms with Gasteiger partial charge in [-0.2, -0.15) is 0 Å². The molecule has 0 spiro atoms. The highest BCUT2D eigenvalue weighted by Gasteiger charge is 2.15. The number of fused-ring (bicyclic) bond motifs is 1. The monoisotopic (exact) mass is 363 g/mol. The number of pyridine rings is 1. The Bertz CT molecular complexity index is 913. The molecule has 0 unspecified atom stereocenters. The number of hydrogen-bond donors (Lipinski definition) is 1. The maximum absolute atomic E-state index is 12.2. The number of nitrogens with zero attached hydrogens (tertiary/aromatic N) is 2. The highest BCUT2D eigenvalue weighted by Crippen LogP contribution is 2.21. The van der Waals surface area contributed by atoms with E-state index in [-0.39, 0.29) is 0 Å². The summed E-state index contributed by atoms with van der Waals surface area (Å²) in [6.07, 6.45) is 4.53. The van der Waals surface area contributed by atoms with Gasteiger partial charge in [-0.1, -0.05) is 19.9 Å². The zero-order chi connectivity index (χ0) is 17.2. The second kappa shape index (κ2) is 7.04. The number of hydrogen-bond acceptors (Lipinski definition) is 4. The lowest BCUT2D eigenvalue weighted by Gasteiger charge is -2.06. The first-order valence-electron chi connectivity index (χ1n) is 7.93. The summed E-state index contributed by atoms with van der Waals surface area (Å²) >= 11 is 1.23. The molecule has 0 bridgehead atoms. The van der Waals surface area contributed by atoms with Crippen LogP contribution in [0, 0.1) is 5.92 Å². The largest absolute Gasteiger partial charge is 0.332 e. The SMILES string of the molecule is CC(C)Cn1cc(CCNS(=O)(=O)c2cccs2)c2cccnc21. The fraction of sp³-hybridized carbons (Fsp3) is 0.353. The lowest BCUT2D eigenvalue weighted by atomic mass is 10.2. The van der Waals surface area contributed by atoms with Crippen molar-refractivity contribution in [2.75, 3.05) is 6.54 Å². The minimum atomic E-state index is -3.41. The van der Waals surface area contributed by atoms with Crippen molar-refractivity contribution in [2.24, 2.45) is 5.92 Å². The maximum atomic E-state index is 12.2. The lowest BCUT2D eigenvalue weighted by molar-refractivity contribution is 0.532. The molecule has 128 valence electrons. The van der Waals surface area contributed by atoms with Crippen molar-refractivity contribution in [3.8, 4) is 0 Å². The fourth-order valence-corrected chi connectivity index (χ4v) is 4.80. The Balaban J connectivity index is 1.76. The molecule has 0 aliphatic rings. The van der Waals surface area contributed by atoms with Crippen LogP contribution >= 0.6 is 11.3 Å². The molecule has 1 N–H and O–H groups in total. The molecule has 0 aliphatic heterocycles. The van der Waals surface area contributed by atoms with Gasteiger partial charge in [0.2, 0.25) is 10.0 Å². The minimum Gasteiger partial charge on any atom is -0.332 e. The summed E-state index contributed by atoms with van der Waals surface area (Å²) in [5, 5.41) is 2.85. The van der Waals surface area contributed by atoms with Crippen molar-refractivity contribution >= 4 is 32.4 Å². The number of aromatic nitrogens is 2. The van der Waals surface area contributed by atoms with Gasteiger partial charge < -0.3 is 4.57 Å². The van der Waals surface area contributed by atoms with Crippen LogP contribution in [0.2, 0.25) is 0 Å². The first kappa shape index (κ1) is 17.1. The standard InChI is InChI=1S/C17H21N3O2S2/c1-13(2)11-20-12-14(15-5-3-8-18-17(15)20)7-9-19-24(21,22)16-6-4-10-23-16/h3-6,8,10,12-13,19H,7,9,11H2,1-2H3. The van der Waals surface area contributed by atoms with Crippen molar-refractivity contribution in [1.82, 2.24) is 14.3 Å². The molecule has 7 heteroatoms. The van der Waals surface area contributed by atoms with E-state index in [9.17, 15) is 8.42 Å². The average Bonchev–Trinajstić information content (AvgIpc) is 3.17. The van der Waals surface area contributed by atoms with Crippen LogP contribution in [0.1, 0.15) is 19.4 Å². The third-order valence-corrected chi connectivity index (χ3v) is 6.58. The predicted molar refractivity (Wildman–Crippen MR) is 97.8 cm³/mol. The smallest absolute Gasteiger partial charge is 0.250 e. The molecule has 0 atom stereocenters. The Hall–Kier alpha value is -1.70. The average molecular weight is 364 g/mol. The molecular weight excluding hydrogens is 342 g/mol. The second-order valence-electron chi connectivity index (χ2n) is 6.15. The molecule has 0 saturated carbocycles. The number of nitrogens with one attached hydrogen (secondary N) is 1. The van der Waals surface area contributed by atoms with Crippen molar-refractivity contribution < 1.29 is 8.42 Å². The van der Waals surface area contributed by atoms with Crippen LogP contribution in [-0.4, -0.2) is 24.5 Å². The van der Waals surface area contributed by atoms with E-state index in [1.165, 1.54) is 11.3 Å². The summed E-state index contributed by atoms with van der Waals surface area (Å²) in [6, 6.07) is 7.32. The Morgan fingerprint density at radius 2 is 2.12 bits per heavy atom. The highest BCUT2D eigenvalue weighted by atomic mass is 32.2. The molecule has 0 fully saturated rings. The van der Waals surface area contributed by atoms with Gasteiger partial charge >= 0.3 is 0 Å². The third-order valence-electron chi connectivity index (χ3n) is 3.72. The van der Waals surface area contributed by atoms with Gasteiger partial charge in [-0.15, -0.1) is 11.3 Å². The number of rotatable bonds is 7. The molecule has 3 aromatic heterocycles. The van der Waals surface area contributed by atoms with E-state index in [4.69, 9.17) is 0 Å². The molecule has 3 aromatic rings.